The molecule has 2 rings (SSSR count). The normalized spacial score (nSPS) is 23.8. The van der Waals surface area contributed by atoms with Gasteiger partial charge in [0.25, 0.3) is 0 Å². The predicted molar refractivity (Wildman–Crippen MR) is 74.3 cm³/mol. The highest BCUT2D eigenvalue weighted by Gasteiger charge is 2.33. The van der Waals surface area contributed by atoms with Gasteiger partial charge in [-0.2, -0.15) is 0 Å². The number of halogens is 1. The van der Waals surface area contributed by atoms with Crippen LogP contribution in [-0.4, -0.2) is 19.6 Å². The molecule has 0 aliphatic heterocycles. The Kier molecular flexibility index (Phi) is 3.91. The van der Waals surface area contributed by atoms with Crippen LogP contribution in [0.25, 0.3) is 0 Å². The van der Waals surface area contributed by atoms with E-state index in [1.807, 2.05) is 20.0 Å². The molecule has 100 valence electrons. The van der Waals surface area contributed by atoms with Gasteiger partial charge < -0.3 is 10.6 Å². The molecule has 3 unspecified atom stereocenters. The average Bonchev–Trinajstić information content (AvgIpc) is 2.93. The number of hydrogen-bond donors (Lipinski definition) is 1. The lowest BCUT2D eigenvalue weighted by molar-refractivity contribution is 0.610. The van der Waals surface area contributed by atoms with Crippen LogP contribution in [0.3, 0.4) is 0 Å². The molecular weight excluding hydrogens is 227 g/mol. The van der Waals surface area contributed by atoms with Gasteiger partial charge in [0.2, 0.25) is 0 Å². The molecule has 0 aromatic heterocycles. The van der Waals surface area contributed by atoms with Crippen molar-refractivity contribution in [2.24, 2.45) is 17.6 Å². The van der Waals surface area contributed by atoms with Crippen LogP contribution in [-0.2, 0) is 6.42 Å². The molecule has 1 saturated carbocycles. The molecule has 1 aromatic carbocycles. The van der Waals surface area contributed by atoms with E-state index in [4.69, 9.17) is 5.73 Å². The lowest BCUT2D eigenvalue weighted by Crippen LogP contribution is -2.25. The van der Waals surface area contributed by atoms with Crippen LogP contribution in [0.5, 0.6) is 0 Å². The Morgan fingerprint density at radius 2 is 2.17 bits per heavy atom. The largest absolute Gasteiger partial charge is 0.372 e. The molecule has 1 aliphatic rings. The van der Waals surface area contributed by atoms with Crippen molar-refractivity contribution in [1.29, 1.82) is 0 Å². The van der Waals surface area contributed by atoms with Crippen LogP contribution in [0.1, 0.15) is 25.8 Å². The quantitative estimate of drug-likeness (QED) is 0.870. The second-order valence-electron chi connectivity index (χ2n) is 5.78. The lowest BCUT2D eigenvalue weighted by Gasteiger charge is -2.24. The van der Waals surface area contributed by atoms with Crippen LogP contribution in [0, 0.1) is 17.7 Å². The fourth-order valence-corrected chi connectivity index (χ4v) is 2.60. The molecule has 0 spiro atoms. The summed E-state index contributed by atoms with van der Waals surface area (Å²) in [5.74, 6) is 1.37. The highest BCUT2D eigenvalue weighted by atomic mass is 19.1. The van der Waals surface area contributed by atoms with Gasteiger partial charge in [0.1, 0.15) is 5.82 Å². The molecule has 0 saturated heterocycles. The van der Waals surface area contributed by atoms with Crippen molar-refractivity contribution in [2.75, 3.05) is 18.5 Å². The van der Waals surface area contributed by atoms with Gasteiger partial charge in [-0.1, -0.05) is 19.1 Å². The van der Waals surface area contributed by atoms with E-state index >= 15 is 0 Å². The highest BCUT2D eigenvalue weighted by Crippen LogP contribution is 2.39. The minimum Gasteiger partial charge on any atom is -0.372 e. The summed E-state index contributed by atoms with van der Waals surface area (Å²) < 4.78 is 14.0. The summed E-state index contributed by atoms with van der Waals surface area (Å²) in [7, 11) is 1.98. The number of hydrogen-bond acceptors (Lipinski definition) is 2. The van der Waals surface area contributed by atoms with Crippen LogP contribution < -0.4 is 10.6 Å². The van der Waals surface area contributed by atoms with Gasteiger partial charge in [-0.15, -0.1) is 0 Å². The summed E-state index contributed by atoms with van der Waals surface area (Å²) in [6.07, 6.45) is 1.99. The standard InChI is InChI=1S/C15H23FN2/c1-10-7-13(10)9-18(3)15-12(8-11(2)17)5-4-6-14(15)16/h4-6,10-11,13H,7-9,17H2,1-3H3. The van der Waals surface area contributed by atoms with Crippen molar-refractivity contribution in [3.8, 4) is 0 Å². The molecule has 0 amide bonds. The molecule has 2 nitrogen and oxygen atoms in total. The predicted octanol–water partition coefficient (Wildman–Crippen LogP) is 2.81. The first-order chi connectivity index (χ1) is 8.49. The van der Waals surface area contributed by atoms with Crippen molar-refractivity contribution in [2.45, 2.75) is 32.7 Å². The van der Waals surface area contributed by atoms with Gasteiger partial charge in [0.05, 0.1) is 5.69 Å². The van der Waals surface area contributed by atoms with Gasteiger partial charge in [0.15, 0.2) is 0 Å². The minimum atomic E-state index is -0.135. The van der Waals surface area contributed by atoms with Gasteiger partial charge in [-0.25, -0.2) is 4.39 Å². The third-order valence-electron chi connectivity index (χ3n) is 3.78. The molecular formula is C15H23FN2. The maximum Gasteiger partial charge on any atom is 0.146 e. The fourth-order valence-electron chi connectivity index (χ4n) is 2.60. The summed E-state index contributed by atoms with van der Waals surface area (Å²) in [5.41, 5.74) is 7.58. The van der Waals surface area contributed by atoms with Gasteiger partial charge in [0, 0.05) is 19.6 Å². The van der Waals surface area contributed by atoms with E-state index in [0.717, 1.165) is 36.1 Å². The van der Waals surface area contributed by atoms with E-state index in [2.05, 4.69) is 11.8 Å². The Hall–Kier alpha value is -1.09. The van der Waals surface area contributed by atoms with Gasteiger partial charge in [-0.05, 0) is 43.2 Å². The molecule has 1 fully saturated rings. The number of benzene rings is 1. The zero-order chi connectivity index (χ0) is 13.3. The van der Waals surface area contributed by atoms with Gasteiger partial charge >= 0.3 is 0 Å². The number of nitrogens with zero attached hydrogens (tertiary/aromatic N) is 1. The second kappa shape index (κ2) is 5.27. The van der Waals surface area contributed by atoms with Crippen LogP contribution >= 0.6 is 0 Å². The average molecular weight is 250 g/mol. The smallest absolute Gasteiger partial charge is 0.146 e. The Morgan fingerprint density at radius 1 is 1.50 bits per heavy atom. The van der Waals surface area contributed by atoms with Crippen LogP contribution in [0.15, 0.2) is 18.2 Å². The van der Waals surface area contributed by atoms with Crippen molar-refractivity contribution < 1.29 is 4.39 Å². The third-order valence-corrected chi connectivity index (χ3v) is 3.78. The number of nitrogens with two attached hydrogens (primary N) is 1. The SMILES string of the molecule is CC(N)Cc1cccc(F)c1N(C)CC1CC1C. The summed E-state index contributed by atoms with van der Waals surface area (Å²) >= 11 is 0. The Balaban J connectivity index is 2.18. The molecule has 3 heteroatoms. The van der Waals surface area contributed by atoms with E-state index in [9.17, 15) is 4.39 Å². The fraction of sp³-hybridized carbons (Fsp3) is 0.600. The Morgan fingerprint density at radius 3 is 2.72 bits per heavy atom. The molecule has 0 bridgehead atoms. The third kappa shape index (κ3) is 3.02. The maximum absolute atomic E-state index is 14.0. The maximum atomic E-state index is 14.0. The summed E-state index contributed by atoms with van der Waals surface area (Å²) in [5, 5.41) is 0. The van der Waals surface area contributed by atoms with Crippen molar-refractivity contribution in [3.05, 3.63) is 29.6 Å². The molecule has 18 heavy (non-hydrogen) atoms. The van der Waals surface area contributed by atoms with Gasteiger partial charge in [-0.3, -0.25) is 0 Å². The lowest BCUT2D eigenvalue weighted by atomic mass is 10.0. The van der Waals surface area contributed by atoms with Crippen molar-refractivity contribution in [3.63, 3.8) is 0 Å². The first kappa shape index (κ1) is 13.3. The van der Waals surface area contributed by atoms with Crippen LogP contribution in [0.4, 0.5) is 10.1 Å². The van der Waals surface area contributed by atoms with E-state index in [-0.39, 0.29) is 11.9 Å². The molecule has 0 radical (unpaired) electrons. The molecule has 1 aliphatic carbocycles. The highest BCUT2D eigenvalue weighted by molar-refractivity contribution is 5.54. The van der Waals surface area contributed by atoms with Crippen LogP contribution in [0.2, 0.25) is 0 Å². The van der Waals surface area contributed by atoms with Crippen molar-refractivity contribution >= 4 is 5.69 Å². The van der Waals surface area contributed by atoms with E-state index in [0.29, 0.717) is 0 Å². The van der Waals surface area contributed by atoms with E-state index < -0.39 is 0 Å². The zero-order valence-electron chi connectivity index (χ0n) is 11.5. The second-order valence-corrected chi connectivity index (χ2v) is 5.78. The number of rotatable bonds is 5. The summed E-state index contributed by atoms with van der Waals surface area (Å²) in [6.45, 7) is 5.15. The first-order valence-electron chi connectivity index (χ1n) is 6.73. The Labute approximate surface area is 109 Å². The van der Waals surface area contributed by atoms with Crippen molar-refractivity contribution in [1.82, 2.24) is 0 Å². The molecule has 2 N–H and O–H groups in total. The summed E-state index contributed by atoms with van der Waals surface area (Å²) in [6, 6.07) is 5.34. The van der Waals surface area contributed by atoms with E-state index in [1.165, 1.54) is 12.5 Å². The minimum absolute atomic E-state index is 0.0544. The molecule has 3 atom stereocenters. The topological polar surface area (TPSA) is 29.3 Å². The summed E-state index contributed by atoms with van der Waals surface area (Å²) in [4.78, 5) is 2.06. The number of anilines is 1. The monoisotopic (exact) mass is 250 g/mol. The first-order valence-corrected chi connectivity index (χ1v) is 6.73. The number of para-hydroxylation sites is 1. The zero-order valence-corrected chi connectivity index (χ0v) is 11.5. The van der Waals surface area contributed by atoms with E-state index in [1.54, 1.807) is 6.07 Å². The molecule has 1 aromatic rings. The molecule has 0 heterocycles. The Bertz CT molecular complexity index is 417.